The van der Waals surface area contributed by atoms with Crippen molar-refractivity contribution in [2.75, 3.05) is 12.3 Å². The first-order chi connectivity index (χ1) is 29.5. The van der Waals surface area contributed by atoms with Crippen LogP contribution in [0.3, 0.4) is 0 Å². The molecule has 0 atom stereocenters. The highest BCUT2D eigenvalue weighted by molar-refractivity contribution is 7.84. The Balaban J connectivity index is 1.34. The molecule has 6 heteroatoms. The highest BCUT2D eigenvalue weighted by Crippen LogP contribution is 2.58. The van der Waals surface area contributed by atoms with Gasteiger partial charge in [-0.3, -0.25) is 19.1 Å². The minimum absolute atomic E-state index is 0.0376. The summed E-state index contributed by atoms with van der Waals surface area (Å²) < 4.78 is 11.9. The van der Waals surface area contributed by atoms with Crippen LogP contribution in [0.1, 0.15) is 11.1 Å². The lowest BCUT2D eigenvalue weighted by atomic mass is 10.0. The molecule has 6 aromatic carbocycles. The van der Waals surface area contributed by atoms with Crippen molar-refractivity contribution in [2.45, 2.75) is 0 Å². The van der Waals surface area contributed by atoms with Crippen molar-refractivity contribution in [2.24, 2.45) is 21.3 Å². The first-order valence-corrected chi connectivity index (χ1v) is 24.2. The van der Waals surface area contributed by atoms with E-state index in [4.69, 9.17) is 9.49 Å². The normalized spacial score (nSPS) is 14.1. The molecule has 0 fully saturated rings. The van der Waals surface area contributed by atoms with Gasteiger partial charge in [0.2, 0.25) is 0 Å². The maximum atomic E-state index is 13.2. The lowest BCUT2D eigenvalue weighted by Crippen LogP contribution is -2.25. The van der Waals surface area contributed by atoms with Crippen molar-refractivity contribution >= 4 is 70.4 Å². The molecule has 0 heterocycles. The number of hydrogen-bond acceptors (Lipinski definition) is 4. The van der Waals surface area contributed by atoms with Gasteiger partial charge in [-0.25, -0.2) is 0 Å². The van der Waals surface area contributed by atoms with Crippen molar-refractivity contribution in [3.8, 4) is 0 Å². The summed E-state index contributed by atoms with van der Waals surface area (Å²) in [5.74, 6) is -0.415. The fourth-order valence-electron chi connectivity index (χ4n) is 7.75. The van der Waals surface area contributed by atoms with Gasteiger partial charge in [0, 0.05) is 25.2 Å². The maximum absolute atomic E-state index is 13.2. The van der Waals surface area contributed by atoms with Crippen molar-refractivity contribution in [1.29, 1.82) is 0 Å². The molecule has 0 radical (unpaired) electrons. The van der Waals surface area contributed by atoms with Gasteiger partial charge >= 0.3 is 0 Å². The number of benzene rings is 6. The minimum atomic E-state index is -2.63. The van der Waals surface area contributed by atoms with E-state index in [-0.39, 0.29) is 23.4 Å². The number of nitrogens with zero attached hydrogens (tertiary/aromatic N) is 2. The van der Waals surface area contributed by atoms with E-state index in [2.05, 4.69) is 133 Å². The van der Waals surface area contributed by atoms with Gasteiger partial charge in [-0.05, 0) is 70.0 Å². The van der Waals surface area contributed by atoms with Crippen molar-refractivity contribution in [3.05, 3.63) is 242 Å². The molecule has 8 rings (SSSR count). The molecule has 0 spiro atoms. The molecule has 0 saturated carbocycles. The fraction of sp³-hybridized carbons (Fsp3) is 0.0741. The molecule has 60 heavy (non-hydrogen) atoms. The average Bonchev–Trinajstić information content (AvgIpc) is 4.07. The van der Waals surface area contributed by atoms with Gasteiger partial charge < -0.3 is 0 Å². The van der Waals surface area contributed by atoms with Gasteiger partial charge in [0.05, 0.1) is 23.2 Å². The van der Waals surface area contributed by atoms with Crippen LogP contribution in [-0.4, -0.2) is 23.9 Å². The first kappa shape index (κ1) is 40.3. The van der Waals surface area contributed by atoms with Gasteiger partial charge in [0.1, 0.15) is 0 Å². The summed E-state index contributed by atoms with van der Waals surface area (Å²) in [6.45, 7) is 0. The summed E-state index contributed by atoms with van der Waals surface area (Å²) in [7, 11) is -5.26. The Labute approximate surface area is 353 Å². The highest BCUT2D eigenvalue weighted by atomic mass is 31.2. The molecule has 0 N–H and O–H groups in total. The Hall–Kier alpha value is -6.44. The average molecular weight is 817 g/mol. The number of rotatable bonds is 15. The third-order valence-corrected chi connectivity index (χ3v) is 18.7. The van der Waals surface area contributed by atoms with Crippen molar-refractivity contribution in [1.82, 2.24) is 0 Å². The number of ketones is 2. The van der Waals surface area contributed by atoms with Crippen LogP contribution in [0.2, 0.25) is 0 Å². The Kier molecular flexibility index (Phi) is 12.8. The minimum Gasteiger partial charge on any atom is -0.294 e. The molecule has 4 nitrogen and oxygen atoms in total. The van der Waals surface area contributed by atoms with E-state index in [0.717, 1.165) is 22.5 Å². The zero-order valence-corrected chi connectivity index (χ0v) is 35.1. The van der Waals surface area contributed by atoms with E-state index in [9.17, 15) is 9.59 Å². The van der Waals surface area contributed by atoms with E-state index in [1.807, 2.05) is 97.2 Å². The van der Waals surface area contributed by atoms with Crippen molar-refractivity contribution in [3.63, 3.8) is 0 Å². The SMILES string of the molecule is O=C(/C=C/c1ccccc1N=P(CCP(=Nc1ccccc1/C=C/C(=O)C1C=CC=C1)(c1ccccc1)c1ccccc1)(c1ccccc1)c1ccccc1)C1C=CC=C1. The summed E-state index contributed by atoms with van der Waals surface area (Å²) in [4.78, 5) is 26.4. The summed E-state index contributed by atoms with van der Waals surface area (Å²) in [6.07, 6.45) is 24.0. The molecule has 0 saturated heterocycles. The van der Waals surface area contributed by atoms with E-state index in [1.165, 1.54) is 21.2 Å². The van der Waals surface area contributed by atoms with E-state index >= 15 is 0 Å². The summed E-state index contributed by atoms with van der Waals surface area (Å²) in [5.41, 5.74) is 3.47. The standard InChI is InChI=1S/C54H46N2O2P2/c57-53(45-23-13-14-24-45)39-37-43-21-17-19-35-51(43)55-59(47-27-5-1-6-28-47,48-29-7-2-8-30-48)41-42-60(49-31-9-3-10-32-49,50-33-11-4-12-34-50)56-52-36-20-18-22-44(52)38-40-54(58)46-25-15-16-26-46/h1-40,45-46H,41-42H2/b39-37+,40-38+. The molecule has 0 aliphatic heterocycles. The lowest BCUT2D eigenvalue weighted by Gasteiger charge is -2.32. The van der Waals surface area contributed by atoms with Crippen LogP contribution >= 0.6 is 14.1 Å². The third-order valence-electron chi connectivity index (χ3n) is 10.9. The largest absolute Gasteiger partial charge is 0.294 e. The van der Waals surface area contributed by atoms with Gasteiger partial charge in [-0.2, -0.15) is 0 Å². The van der Waals surface area contributed by atoms with Gasteiger partial charge in [-0.1, -0.05) is 206 Å². The smallest absolute Gasteiger partial charge is 0.166 e. The third kappa shape index (κ3) is 9.07. The number of carbonyl (C=O) groups is 2. The Morgan fingerprint density at radius 2 is 0.683 bits per heavy atom. The maximum Gasteiger partial charge on any atom is 0.166 e. The molecular weight excluding hydrogens is 771 g/mol. The van der Waals surface area contributed by atoms with E-state index < -0.39 is 14.1 Å². The quantitative estimate of drug-likeness (QED) is 0.0766. The predicted molar refractivity (Wildman–Crippen MR) is 257 cm³/mol. The number of carbonyl (C=O) groups excluding carboxylic acids is 2. The topological polar surface area (TPSA) is 58.9 Å². The van der Waals surface area contributed by atoms with Crippen LogP contribution in [0.4, 0.5) is 11.4 Å². The van der Waals surface area contributed by atoms with Gasteiger partial charge in [0.15, 0.2) is 11.6 Å². The second-order valence-corrected chi connectivity index (χ2v) is 21.1. The second-order valence-electron chi connectivity index (χ2n) is 14.7. The summed E-state index contributed by atoms with van der Waals surface area (Å²) >= 11 is 0. The highest BCUT2D eigenvalue weighted by Gasteiger charge is 2.32. The van der Waals surface area contributed by atoms with Gasteiger partial charge in [0.25, 0.3) is 0 Å². The Morgan fingerprint density at radius 3 is 1.00 bits per heavy atom. The van der Waals surface area contributed by atoms with Crippen molar-refractivity contribution < 1.29 is 9.59 Å². The molecule has 2 aliphatic carbocycles. The Bertz CT molecular complexity index is 2460. The molecule has 0 unspecified atom stereocenters. The van der Waals surface area contributed by atoms with Gasteiger partial charge in [-0.15, -0.1) is 0 Å². The monoisotopic (exact) mass is 816 g/mol. The lowest BCUT2D eigenvalue weighted by molar-refractivity contribution is -0.116. The zero-order chi connectivity index (χ0) is 41.0. The molecule has 0 amide bonds. The molecule has 0 bridgehead atoms. The van der Waals surface area contributed by atoms with Crippen LogP contribution in [0.5, 0.6) is 0 Å². The summed E-state index contributed by atoms with van der Waals surface area (Å²) in [6, 6.07) is 59.2. The molecule has 0 aromatic heterocycles. The van der Waals surface area contributed by atoms with E-state index in [0.29, 0.717) is 12.3 Å². The first-order valence-electron chi connectivity index (χ1n) is 20.3. The molecule has 6 aromatic rings. The molecular formula is C54H46N2O2P2. The van der Waals surface area contributed by atoms with Crippen LogP contribution in [0.15, 0.2) is 240 Å². The summed E-state index contributed by atoms with van der Waals surface area (Å²) in [5, 5.41) is 4.68. The second kappa shape index (κ2) is 19.1. The zero-order valence-electron chi connectivity index (χ0n) is 33.3. The van der Waals surface area contributed by atoms with Crippen LogP contribution in [-0.2, 0) is 9.59 Å². The fourth-order valence-corrected chi connectivity index (χ4v) is 16.1. The van der Waals surface area contributed by atoms with E-state index in [1.54, 1.807) is 12.2 Å². The van der Waals surface area contributed by atoms with Crippen LogP contribution in [0, 0.1) is 11.8 Å². The van der Waals surface area contributed by atoms with Crippen LogP contribution < -0.4 is 21.2 Å². The molecule has 2 aliphatic rings. The van der Waals surface area contributed by atoms with Crippen LogP contribution in [0.25, 0.3) is 12.2 Å². The number of hydrogen-bond donors (Lipinski definition) is 0. The molecule has 294 valence electrons. The predicted octanol–water partition coefficient (Wildman–Crippen LogP) is 12.0. The Morgan fingerprint density at radius 1 is 0.400 bits per heavy atom. The number of allylic oxidation sites excluding steroid dienone is 10.